The SMILES string of the molecule is COc1cccc(OC)c1C(O)C(O)CNC(=O)OCC1c2ccccc2-c2ccccc21. The molecule has 3 aromatic carbocycles. The van der Waals surface area contributed by atoms with Gasteiger partial charge in [-0.15, -0.1) is 0 Å². The van der Waals surface area contributed by atoms with Gasteiger partial charge in [-0.05, 0) is 34.4 Å². The third-order valence-corrected chi connectivity index (χ3v) is 5.93. The predicted octanol–water partition coefficient (Wildman–Crippen LogP) is 3.64. The van der Waals surface area contributed by atoms with Crippen LogP contribution in [0.3, 0.4) is 0 Å². The fourth-order valence-electron chi connectivity index (χ4n) is 4.31. The van der Waals surface area contributed by atoms with Gasteiger partial charge in [-0.3, -0.25) is 0 Å². The lowest BCUT2D eigenvalue weighted by atomic mass is 9.98. The molecule has 0 saturated carbocycles. The van der Waals surface area contributed by atoms with Crippen LogP contribution in [0.1, 0.15) is 28.7 Å². The molecule has 4 rings (SSSR count). The number of carbonyl (C=O) groups is 1. The minimum Gasteiger partial charge on any atom is -0.496 e. The molecule has 0 aromatic heterocycles. The lowest BCUT2D eigenvalue weighted by Gasteiger charge is -2.22. The maximum Gasteiger partial charge on any atom is 0.407 e. The highest BCUT2D eigenvalue weighted by Crippen LogP contribution is 2.44. The van der Waals surface area contributed by atoms with Crippen molar-refractivity contribution in [1.82, 2.24) is 5.32 Å². The predicted molar refractivity (Wildman–Crippen MR) is 124 cm³/mol. The molecule has 33 heavy (non-hydrogen) atoms. The van der Waals surface area contributed by atoms with Crippen LogP contribution in [-0.4, -0.2) is 49.8 Å². The first-order chi connectivity index (χ1) is 16.0. The van der Waals surface area contributed by atoms with Crippen molar-refractivity contribution in [3.63, 3.8) is 0 Å². The highest BCUT2D eigenvalue weighted by atomic mass is 16.5. The Hall–Kier alpha value is -3.55. The van der Waals surface area contributed by atoms with Crippen molar-refractivity contribution in [2.24, 2.45) is 0 Å². The van der Waals surface area contributed by atoms with Gasteiger partial charge in [-0.1, -0.05) is 54.6 Å². The summed E-state index contributed by atoms with van der Waals surface area (Å²) in [6.45, 7) is -0.0438. The Kier molecular flexibility index (Phi) is 6.82. The molecule has 0 radical (unpaired) electrons. The Morgan fingerprint density at radius 3 is 1.97 bits per heavy atom. The van der Waals surface area contributed by atoms with Crippen LogP contribution in [0.25, 0.3) is 11.1 Å². The number of hydrogen-bond acceptors (Lipinski definition) is 6. The van der Waals surface area contributed by atoms with Crippen LogP contribution in [0.2, 0.25) is 0 Å². The third kappa shape index (κ3) is 4.51. The molecule has 3 N–H and O–H groups in total. The van der Waals surface area contributed by atoms with Crippen molar-refractivity contribution in [3.05, 3.63) is 83.4 Å². The summed E-state index contributed by atoms with van der Waals surface area (Å²) in [6, 6.07) is 21.2. The van der Waals surface area contributed by atoms with Gasteiger partial charge in [0.05, 0.1) is 19.8 Å². The highest BCUT2D eigenvalue weighted by Gasteiger charge is 2.30. The van der Waals surface area contributed by atoms with Gasteiger partial charge >= 0.3 is 6.09 Å². The van der Waals surface area contributed by atoms with Crippen LogP contribution in [-0.2, 0) is 4.74 Å². The summed E-state index contributed by atoms with van der Waals surface area (Å²) in [7, 11) is 2.93. The van der Waals surface area contributed by atoms with E-state index in [-0.39, 0.29) is 19.1 Å². The van der Waals surface area contributed by atoms with E-state index in [1.807, 2.05) is 36.4 Å². The van der Waals surface area contributed by atoms with Crippen LogP contribution in [0.4, 0.5) is 4.79 Å². The number of rotatable bonds is 8. The number of benzene rings is 3. The summed E-state index contributed by atoms with van der Waals surface area (Å²) in [6.07, 6.45) is -3.30. The van der Waals surface area contributed by atoms with Crippen molar-refractivity contribution in [2.45, 2.75) is 18.1 Å². The number of aliphatic hydroxyl groups is 2. The number of methoxy groups -OCH3 is 2. The molecule has 1 aliphatic rings. The molecule has 0 heterocycles. The zero-order chi connectivity index (χ0) is 23.4. The molecule has 7 heteroatoms. The van der Waals surface area contributed by atoms with E-state index in [2.05, 4.69) is 17.4 Å². The van der Waals surface area contributed by atoms with Crippen LogP contribution in [0.15, 0.2) is 66.7 Å². The molecule has 7 nitrogen and oxygen atoms in total. The van der Waals surface area contributed by atoms with Crippen molar-refractivity contribution < 1.29 is 29.2 Å². The molecule has 2 unspecified atom stereocenters. The van der Waals surface area contributed by atoms with Crippen LogP contribution in [0, 0.1) is 0 Å². The van der Waals surface area contributed by atoms with Crippen molar-refractivity contribution >= 4 is 6.09 Å². The summed E-state index contributed by atoms with van der Waals surface area (Å²) < 4.78 is 16.0. The number of aliphatic hydroxyl groups excluding tert-OH is 2. The summed E-state index contributed by atoms with van der Waals surface area (Å²) in [5, 5.41) is 23.6. The topological polar surface area (TPSA) is 97.3 Å². The molecular weight excluding hydrogens is 422 g/mol. The van der Waals surface area contributed by atoms with Gasteiger partial charge in [0, 0.05) is 12.5 Å². The number of nitrogens with one attached hydrogen (secondary N) is 1. The monoisotopic (exact) mass is 449 g/mol. The van der Waals surface area contributed by atoms with Crippen molar-refractivity contribution in [2.75, 3.05) is 27.4 Å². The Balaban J connectivity index is 1.37. The summed E-state index contributed by atoms with van der Waals surface area (Å²) in [4.78, 5) is 12.4. The lowest BCUT2D eigenvalue weighted by molar-refractivity contribution is 0.0159. The van der Waals surface area contributed by atoms with E-state index in [4.69, 9.17) is 14.2 Å². The smallest absolute Gasteiger partial charge is 0.407 e. The van der Waals surface area contributed by atoms with E-state index in [0.29, 0.717) is 17.1 Å². The van der Waals surface area contributed by atoms with E-state index >= 15 is 0 Å². The number of carbonyl (C=O) groups excluding carboxylic acids is 1. The second-order valence-corrected chi connectivity index (χ2v) is 7.79. The standard InChI is InChI=1S/C26H27NO6/c1-31-22-12-7-13-23(32-2)24(22)25(29)21(28)14-27-26(30)33-15-20-18-10-5-3-8-16(18)17-9-4-6-11-19(17)20/h3-13,20-21,25,28-29H,14-15H2,1-2H3,(H,27,30). The Labute approximate surface area is 192 Å². The number of ether oxygens (including phenoxy) is 3. The molecule has 1 aliphatic carbocycles. The van der Waals surface area contributed by atoms with Crippen LogP contribution in [0.5, 0.6) is 11.5 Å². The van der Waals surface area contributed by atoms with E-state index in [0.717, 1.165) is 22.3 Å². The van der Waals surface area contributed by atoms with E-state index in [9.17, 15) is 15.0 Å². The quantitative estimate of drug-likeness (QED) is 0.486. The highest BCUT2D eigenvalue weighted by molar-refractivity contribution is 5.79. The largest absolute Gasteiger partial charge is 0.496 e. The summed E-state index contributed by atoms with van der Waals surface area (Å²) >= 11 is 0. The Bertz CT molecular complexity index is 1060. The average Bonchev–Trinajstić information content (AvgIpc) is 3.18. The molecule has 0 bridgehead atoms. The minimum atomic E-state index is -1.33. The summed E-state index contributed by atoms with van der Waals surface area (Å²) in [5.74, 6) is 0.695. The molecule has 0 aliphatic heterocycles. The first-order valence-electron chi connectivity index (χ1n) is 10.7. The van der Waals surface area contributed by atoms with Gasteiger partial charge < -0.3 is 29.7 Å². The van der Waals surface area contributed by atoms with Crippen LogP contribution >= 0.6 is 0 Å². The average molecular weight is 450 g/mol. The molecule has 1 amide bonds. The molecule has 172 valence electrons. The zero-order valence-electron chi connectivity index (χ0n) is 18.5. The molecule has 0 saturated heterocycles. The van der Waals surface area contributed by atoms with Gasteiger partial charge in [-0.25, -0.2) is 4.79 Å². The lowest BCUT2D eigenvalue weighted by Crippen LogP contribution is -2.36. The Morgan fingerprint density at radius 1 is 0.879 bits per heavy atom. The first-order valence-corrected chi connectivity index (χ1v) is 10.7. The maximum absolute atomic E-state index is 12.4. The van der Waals surface area contributed by atoms with Gasteiger partial charge in [0.25, 0.3) is 0 Å². The summed E-state index contributed by atoms with van der Waals surface area (Å²) in [5.41, 5.74) is 4.83. The molecule has 0 fully saturated rings. The molecule has 3 aromatic rings. The third-order valence-electron chi connectivity index (χ3n) is 5.93. The van der Waals surface area contributed by atoms with E-state index in [1.54, 1.807) is 18.2 Å². The molecule has 0 spiro atoms. The van der Waals surface area contributed by atoms with E-state index in [1.165, 1.54) is 14.2 Å². The Morgan fingerprint density at radius 2 is 1.42 bits per heavy atom. The zero-order valence-corrected chi connectivity index (χ0v) is 18.5. The minimum absolute atomic E-state index is 0.0588. The number of hydrogen-bond donors (Lipinski definition) is 3. The molecule has 2 atom stereocenters. The van der Waals surface area contributed by atoms with Gasteiger partial charge in [-0.2, -0.15) is 0 Å². The van der Waals surface area contributed by atoms with Crippen LogP contribution < -0.4 is 14.8 Å². The fourth-order valence-corrected chi connectivity index (χ4v) is 4.31. The van der Waals surface area contributed by atoms with Crippen molar-refractivity contribution in [3.8, 4) is 22.6 Å². The normalized spacial score (nSPS) is 14.1. The first kappa shape index (κ1) is 22.6. The number of alkyl carbamates (subject to hydrolysis) is 1. The van der Waals surface area contributed by atoms with Crippen molar-refractivity contribution in [1.29, 1.82) is 0 Å². The second kappa shape index (κ2) is 9.94. The van der Waals surface area contributed by atoms with Gasteiger partial charge in [0.2, 0.25) is 0 Å². The fraction of sp³-hybridized carbons (Fsp3) is 0.269. The second-order valence-electron chi connectivity index (χ2n) is 7.79. The van der Waals surface area contributed by atoms with Gasteiger partial charge in [0.1, 0.15) is 30.3 Å². The van der Waals surface area contributed by atoms with Gasteiger partial charge in [0.15, 0.2) is 0 Å². The van der Waals surface area contributed by atoms with E-state index < -0.39 is 18.3 Å². The number of amides is 1. The number of fused-ring (bicyclic) bond motifs is 3. The molecular formula is C26H27NO6. The maximum atomic E-state index is 12.4.